The molecule has 6 heteroatoms. The van der Waals surface area contributed by atoms with Gasteiger partial charge in [0.2, 0.25) is 5.75 Å². The summed E-state index contributed by atoms with van der Waals surface area (Å²) in [7, 11) is 2.78. The topological polar surface area (TPSA) is 71.7 Å². The average Bonchev–Trinajstić information content (AvgIpc) is 2.66. The van der Waals surface area contributed by atoms with E-state index in [1.807, 2.05) is 0 Å². The van der Waals surface area contributed by atoms with Crippen LogP contribution in [0.15, 0.2) is 15.1 Å². The van der Waals surface area contributed by atoms with E-state index >= 15 is 0 Å². The largest absolute Gasteiger partial charge is 0.611 e. The molecule has 0 bridgehead atoms. The molecule has 0 saturated heterocycles. The van der Waals surface area contributed by atoms with Crippen LogP contribution in [0.25, 0.3) is 11.3 Å². The minimum absolute atomic E-state index is 0.0358. The molecule has 6 nitrogen and oxygen atoms in total. The first-order valence-corrected chi connectivity index (χ1v) is 3.49. The van der Waals surface area contributed by atoms with E-state index in [0.717, 1.165) is 0 Å². The molecule has 0 spiro atoms. The Balaban J connectivity index is 2.70. The van der Waals surface area contributed by atoms with Crippen molar-refractivity contribution in [3.05, 3.63) is 11.5 Å². The lowest BCUT2D eigenvalue weighted by atomic mass is 10.5. The van der Waals surface area contributed by atoms with Crippen molar-refractivity contribution in [2.75, 3.05) is 14.2 Å². The molecule has 0 fully saturated rings. The average molecular weight is 185 g/mol. The summed E-state index contributed by atoms with van der Waals surface area (Å²) in [5.41, 5.74) is 0.281. The Labute approximate surface area is 72.8 Å². The molecule has 13 heavy (non-hydrogen) atoms. The van der Waals surface area contributed by atoms with Gasteiger partial charge in [-0.25, -0.2) is 0 Å². The Bertz CT molecular complexity index is 429. The highest BCUT2D eigenvalue weighted by Gasteiger charge is 2.26. The van der Waals surface area contributed by atoms with Gasteiger partial charge in [-0.05, 0) is 0 Å². The van der Waals surface area contributed by atoms with E-state index in [1.165, 1.54) is 20.5 Å². The van der Waals surface area contributed by atoms with Crippen LogP contribution in [0.2, 0.25) is 0 Å². The van der Waals surface area contributed by atoms with Gasteiger partial charge in [0.25, 0.3) is 5.58 Å². The van der Waals surface area contributed by atoms with Gasteiger partial charge in [0.1, 0.15) is 6.26 Å². The van der Waals surface area contributed by atoms with Crippen molar-refractivity contribution in [1.82, 2.24) is 0 Å². The molecule has 2 aromatic rings. The van der Waals surface area contributed by atoms with Crippen molar-refractivity contribution in [2.45, 2.75) is 0 Å². The maximum absolute atomic E-state index is 11.2. The second-order valence-electron chi connectivity index (χ2n) is 2.30. The van der Waals surface area contributed by atoms with Crippen molar-refractivity contribution >= 4 is 11.3 Å². The van der Waals surface area contributed by atoms with Crippen molar-refractivity contribution < 1.29 is 23.0 Å². The molecule has 0 atom stereocenters. The van der Waals surface area contributed by atoms with Gasteiger partial charge in [-0.15, -0.1) is 0 Å². The number of methoxy groups -OCH3 is 2. The summed E-state index contributed by atoms with van der Waals surface area (Å²) in [5, 5.41) is 11.2. The second-order valence-corrected chi connectivity index (χ2v) is 2.30. The van der Waals surface area contributed by atoms with E-state index in [1.54, 1.807) is 0 Å². The van der Waals surface area contributed by atoms with E-state index in [2.05, 4.69) is 4.74 Å². The summed E-state index contributed by atoms with van der Waals surface area (Å²) < 4.78 is 19.9. The molecule has 2 rings (SSSR count). The van der Waals surface area contributed by atoms with Gasteiger partial charge in [-0.3, -0.25) is 0 Å². The van der Waals surface area contributed by atoms with Crippen LogP contribution < -0.4 is 14.2 Å². The second kappa shape index (κ2) is 2.58. The Morgan fingerprint density at radius 2 is 2.15 bits per heavy atom. The number of fused-ring (bicyclic) bond motifs is 1. The van der Waals surface area contributed by atoms with Gasteiger partial charge in [-0.1, -0.05) is 4.73 Å². The van der Waals surface area contributed by atoms with Gasteiger partial charge in [0.05, 0.1) is 14.2 Å². The fraction of sp³-hybridized carbons (Fsp3) is 0.286. The van der Waals surface area contributed by atoms with E-state index in [9.17, 15) is 5.21 Å². The van der Waals surface area contributed by atoms with Gasteiger partial charge in [0, 0.05) is 0 Å². The smallest absolute Gasteiger partial charge is 0.576 e. The summed E-state index contributed by atoms with van der Waals surface area (Å²) in [6.45, 7) is 0. The third-order valence-corrected chi connectivity index (χ3v) is 1.63. The van der Waals surface area contributed by atoms with Gasteiger partial charge < -0.3 is 23.5 Å². The molecule has 0 aliphatic carbocycles. The highest BCUT2D eigenvalue weighted by Crippen LogP contribution is 2.29. The summed E-state index contributed by atoms with van der Waals surface area (Å²) >= 11 is 0. The molecule has 0 amide bonds. The zero-order valence-electron chi connectivity index (χ0n) is 7.07. The third kappa shape index (κ3) is 0.915. The fourth-order valence-electron chi connectivity index (χ4n) is 1.03. The highest BCUT2D eigenvalue weighted by molar-refractivity contribution is 5.71. The molecule has 2 heterocycles. The van der Waals surface area contributed by atoms with Crippen LogP contribution in [0.1, 0.15) is 0 Å². The first-order chi connectivity index (χ1) is 6.27. The highest BCUT2D eigenvalue weighted by atomic mass is 16.6. The fourth-order valence-corrected chi connectivity index (χ4v) is 1.03. The molecule has 0 aliphatic rings. The number of rotatable bonds is 2. The van der Waals surface area contributed by atoms with Crippen molar-refractivity contribution in [1.29, 1.82) is 0 Å². The van der Waals surface area contributed by atoms with E-state index in [4.69, 9.17) is 13.6 Å². The Morgan fingerprint density at radius 1 is 1.38 bits per heavy atom. The Kier molecular flexibility index (Phi) is 1.54. The molecular formula is C7H7NO5. The number of oxazole rings is 1. The van der Waals surface area contributed by atoms with Gasteiger partial charge in [0.15, 0.2) is 0 Å². The lowest BCUT2D eigenvalue weighted by Gasteiger charge is -1.90. The minimum atomic E-state index is -0.173. The first kappa shape index (κ1) is 7.78. The molecule has 0 radical (unpaired) electrons. The Hall–Kier alpha value is -1.85. The standard InChI is InChI=1S/C7H7NO5/c1-10-4-3-12-6-5(4)13-7(11-2)8(6)9/h3H,1-2H3. The monoisotopic (exact) mass is 185 g/mol. The number of aromatic nitrogens is 1. The van der Waals surface area contributed by atoms with Crippen LogP contribution >= 0.6 is 0 Å². The summed E-state index contributed by atoms with van der Waals surface area (Å²) in [5.74, 6) is 0.364. The van der Waals surface area contributed by atoms with E-state index < -0.39 is 0 Å². The van der Waals surface area contributed by atoms with Crippen LogP contribution in [0.3, 0.4) is 0 Å². The molecular weight excluding hydrogens is 178 g/mol. The molecule has 0 aliphatic heterocycles. The third-order valence-electron chi connectivity index (χ3n) is 1.63. The van der Waals surface area contributed by atoms with E-state index in [0.29, 0.717) is 10.5 Å². The predicted octanol–water partition coefficient (Wildman–Crippen LogP) is 0.676. The van der Waals surface area contributed by atoms with E-state index in [-0.39, 0.29) is 17.4 Å². The molecule has 70 valence electrons. The summed E-state index contributed by atoms with van der Waals surface area (Å²) in [4.78, 5) is 0. The quantitative estimate of drug-likeness (QED) is 0.508. The summed E-state index contributed by atoms with van der Waals surface area (Å²) in [6.07, 6.45) is 1.12. The molecule has 0 unspecified atom stereocenters. The lowest BCUT2D eigenvalue weighted by Crippen LogP contribution is -2.25. The number of hydrogen-bond donors (Lipinski definition) is 0. The molecule has 0 aromatic carbocycles. The van der Waals surface area contributed by atoms with Crippen LogP contribution in [-0.4, -0.2) is 14.2 Å². The maximum Gasteiger partial charge on any atom is 0.576 e. The van der Waals surface area contributed by atoms with Crippen molar-refractivity contribution in [2.24, 2.45) is 0 Å². The van der Waals surface area contributed by atoms with Crippen LogP contribution in [0.4, 0.5) is 0 Å². The normalized spacial score (nSPS) is 10.6. The Morgan fingerprint density at radius 3 is 2.77 bits per heavy atom. The SMILES string of the molecule is COc1coc2c1oc(OC)[n+]2[O-]. The van der Waals surface area contributed by atoms with Crippen molar-refractivity contribution in [3.8, 4) is 11.8 Å². The molecule has 2 aromatic heterocycles. The molecule has 0 N–H and O–H groups in total. The van der Waals surface area contributed by atoms with Crippen molar-refractivity contribution in [3.63, 3.8) is 0 Å². The lowest BCUT2D eigenvalue weighted by molar-refractivity contribution is -0.598. The molecule has 0 saturated carbocycles. The number of nitrogens with zero attached hydrogens (tertiary/aromatic N) is 1. The van der Waals surface area contributed by atoms with Crippen LogP contribution in [0.5, 0.6) is 11.8 Å². The first-order valence-electron chi connectivity index (χ1n) is 3.49. The summed E-state index contributed by atoms with van der Waals surface area (Å²) in [6, 6.07) is 0. The van der Waals surface area contributed by atoms with Crippen LogP contribution in [-0.2, 0) is 0 Å². The number of ether oxygens (including phenoxy) is 2. The predicted molar refractivity (Wildman–Crippen MR) is 40.5 cm³/mol. The van der Waals surface area contributed by atoms with Crippen LogP contribution in [0, 0.1) is 5.21 Å². The van der Waals surface area contributed by atoms with Gasteiger partial charge >= 0.3 is 11.8 Å². The zero-order valence-corrected chi connectivity index (χ0v) is 7.07. The maximum atomic E-state index is 11.2. The minimum Gasteiger partial charge on any atom is -0.611 e. The number of furan rings is 1. The van der Waals surface area contributed by atoms with Gasteiger partial charge in [-0.2, -0.15) is 0 Å². The zero-order chi connectivity index (χ0) is 9.42. The number of hydrogen-bond acceptors (Lipinski definition) is 5.